The highest BCUT2D eigenvalue weighted by molar-refractivity contribution is 6.15. The van der Waals surface area contributed by atoms with Gasteiger partial charge in [-0.1, -0.05) is 18.2 Å². The first kappa shape index (κ1) is 19.0. The van der Waals surface area contributed by atoms with Crippen LogP contribution in [0.15, 0.2) is 42.2 Å². The largest absolute Gasteiger partial charge is 0.507 e. The van der Waals surface area contributed by atoms with Crippen molar-refractivity contribution in [2.75, 3.05) is 19.7 Å². The molecular formula is C22H26NO4+. The molecule has 0 aliphatic carbocycles. The van der Waals surface area contributed by atoms with Crippen LogP contribution in [0.5, 0.6) is 17.2 Å². The maximum Gasteiger partial charge on any atom is 0.231 e. The van der Waals surface area contributed by atoms with Gasteiger partial charge in [-0.3, -0.25) is 4.79 Å². The first-order chi connectivity index (χ1) is 13.1. The van der Waals surface area contributed by atoms with Gasteiger partial charge in [-0.15, -0.1) is 0 Å². The minimum Gasteiger partial charge on any atom is -0.507 e. The van der Waals surface area contributed by atoms with Crippen molar-refractivity contribution in [3.05, 3.63) is 58.8 Å². The molecule has 1 aliphatic rings. The third kappa shape index (κ3) is 3.83. The summed E-state index contributed by atoms with van der Waals surface area (Å²) in [5.41, 5.74) is 1.96. The Balaban J connectivity index is 1.98. The second-order valence-electron chi connectivity index (χ2n) is 6.48. The predicted molar refractivity (Wildman–Crippen MR) is 104 cm³/mol. The fraction of sp³-hybridized carbons (Fsp3) is 0.318. The summed E-state index contributed by atoms with van der Waals surface area (Å²) in [7, 11) is 0. The molecule has 27 heavy (non-hydrogen) atoms. The number of quaternary nitrogens is 1. The molecule has 0 aromatic heterocycles. The molecule has 5 heteroatoms. The minimum atomic E-state index is -0.174. The predicted octanol–water partition coefficient (Wildman–Crippen LogP) is 2.83. The molecule has 5 nitrogen and oxygen atoms in total. The molecule has 0 radical (unpaired) electrons. The summed E-state index contributed by atoms with van der Waals surface area (Å²) in [6, 6.07) is 10.7. The van der Waals surface area contributed by atoms with Crippen LogP contribution < -0.4 is 14.4 Å². The minimum absolute atomic E-state index is 0.164. The molecule has 142 valence electrons. The Morgan fingerprint density at radius 3 is 2.56 bits per heavy atom. The lowest BCUT2D eigenvalue weighted by Crippen LogP contribution is -3.10. The number of rotatable bonds is 7. The summed E-state index contributed by atoms with van der Waals surface area (Å²) in [5.74, 6) is 1.41. The molecule has 0 atom stereocenters. The van der Waals surface area contributed by atoms with Gasteiger partial charge in [0.15, 0.2) is 11.5 Å². The number of allylic oxidation sites excluding steroid dienone is 1. The first-order valence-corrected chi connectivity index (χ1v) is 9.43. The second kappa shape index (κ2) is 8.27. The van der Waals surface area contributed by atoms with Crippen molar-refractivity contribution in [1.82, 2.24) is 0 Å². The van der Waals surface area contributed by atoms with Crippen LogP contribution in [0.2, 0.25) is 0 Å². The molecule has 0 saturated carbocycles. The van der Waals surface area contributed by atoms with Gasteiger partial charge >= 0.3 is 0 Å². The van der Waals surface area contributed by atoms with Gasteiger partial charge < -0.3 is 19.5 Å². The molecule has 0 saturated heterocycles. The Labute approximate surface area is 159 Å². The number of ether oxygens (including phenoxy) is 2. The van der Waals surface area contributed by atoms with Crippen LogP contribution in [-0.2, 0) is 6.54 Å². The van der Waals surface area contributed by atoms with E-state index in [2.05, 4.69) is 13.8 Å². The van der Waals surface area contributed by atoms with E-state index in [4.69, 9.17) is 9.47 Å². The third-order valence-corrected chi connectivity index (χ3v) is 4.85. The maximum absolute atomic E-state index is 12.8. The van der Waals surface area contributed by atoms with Crippen LogP contribution in [0.25, 0.3) is 6.08 Å². The van der Waals surface area contributed by atoms with Crippen molar-refractivity contribution in [3.8, 4) is 17.2 Å². The molecule has 0 amide bonds. The number of Topliss-reactive ketones (excluding diaryl/α,β-unsaturated/α-hetero) is 1. The molecule has 2 aromatic rings. The van der Waals surface area contributed by atoms with Crippen molar-refractivity contribution in [2.45, 2.75) is 27.3 Å². The lowest BCUT2D eigenvalue weighted by Gasteiger charge is -2.17. The van der Waals surface area contributed by atoms with Crippen LogP contribution >= 0.6 is 0 Å². The van der Waals surface area contributed by atoms with Crippen LogP contribution in [0, 0.1) is 0 Å². The number of carbonyl (C=O) groups excluding carboxylic acids is 1. The molecule has 0 bridgehead atoms. The monoisotopic (exact) mass is 368 g/mol. The number of phenols is 1. The lowest BCUT2D eigenvalue weighted by molar-refractivity contribution is -0.910. The summed E-state index contributed by atoms with van der Waals surface area (Å²) in [4.78, 5) is 14.1. The van der Waals surface area contributed by atoms with E-state index in [1.54, 1.807) is 18.2 Å². The number of carbonyl (C=O) groups is 1. The third-order valence-electron chi connectivity index (χ3n) is 4.85. The van der Waals surface area contributed by atoms with E-state index in [1.807, 2.05) is 31.2 Å². The van der Waals surface area contributed by atoms with Gasteiger partial charge in [0.05, 0.1) is 30.8 Å². The summed E-state index contributed by atoms with van der Waals surface area (Å²) >= 11 is 0. The van der Waals surface area contributed by atoms with Crippen LogP contribution in [-0.4, -0.2) is 30.6 Å². The standard InChI is InChI=1S/C22H25NO4/c1-4-23(5-2)14-17-18(24)12-11-16-21(25)20(27-22(16)17)13-15-9-7-8-10-19(15)26-6-3/h7-13,24H,4-6,14H2,1-3H3/p+1. The van der Waals surface area contributed by atoms with E-state index in [1.165, 1.54) is 4.90 Å². The fourth-order valence-corrected chi connectivity index (χ4v) is 3.25. The molecular weight excluding hydrogens is 342 g/mol. The highest BCUT2D eigenvalue weighted by Gasteiger charge is 2.32. The van der Waals surface area contributed by atoms with Crippen LogP contribution in [0.1, 0.15) is 42.3 Å². The Hall–Kier alpha value is -2.79. The maximum atomic E-state index is 12.8. The zero-order valence-corrected chi connectivity index (χ0v) is 16.0. The molecule has 0 unspecified atom stereocenters. The van der Waals surface area contributed by atoms with E-state index in [0.717, 1.165) is 18.7 Å². The van der Waals surface area contributed by atoms with Gasteiger partial charge in [-0.2, -0.15) is 0 Å². The molecule has 2 aromatic carbocycles. The van der Waals surface area contributed by atoms with Crippen molar-refractivity contribution in [1.29, 1.82) is 0 Å². The number of para-hydroxylation sites is 1. The number of fused-ring (bicyclic) bond motifs is 1. The number of benzene rings is 2. The van der Waals surface area contributed by atoms with Crippen LogP contribution in [0.3, 0.4) is 0 Å². The Morgan fingerprint density at radius 1 is 1.11 bits per heavy atom. The van der Waals surface area contributed by atoms with Crippen molar-refractivity contribution >= 4 is 11.9 Å². The first-order valence-electron chi connectivity index (χ1n) is 9.43. The Morgan fingerprint density at radius 2 is 1.85 bits per heavy atom. The van der Waals surface area contributed by atoms with Gasteiger partial charge in [0.2, 0.25) is 5.78 Å². The van der Waals surface area contributed by atoms with Crippen molar-refractivity contribution < 1.29 is 24.3 Å². The van der Waals surface area contributed by atoms with E-state index in [9.17, 15) is 9.90 Å². The van der Waals surface area contributed by atoms with Gasteiger partial charge in [0.1, 0.15) is 18.0 Å². The molecule has 3 rings (SSSR count). The fourth-order valence-electron chi connectivity index (χ4n) is 3.25. The quantitative estimate of drug-likeness (QED) is 0.738. The number of hydrogen-bond donors (Lipinski definition) is 2. The summed E-state index contributed by atoms with van der Waals surface area (Å²) in [5, 5.41) is 10.3. The molecule has 0 spiro atoms. The van der Waals surface area contributed by atoms with Gasteiger partial charge in [-0.05, 0) is 45.0 Å². The number of hydrogen-bond acceptors (Lipinski definition) is 4. The number of nitrogens with one attached hydrogen (secondary N) is 1. The summed E-state index contributed by atoms with van der Waals surface area (Å²) in [6.45, 7) is 9.12. The number of aromatic hydroxyl groups is 1. The smallest absolute Gasteiger partial charge is 0.231 e. The van der Waals surface area contributed by atoms with E-state index < -0.39 is 0 Å². The zero-order valence-electron chi connectivity index (χ0n) is 16.0. The lowest BCUT2D eigenvalue weighted by atomic mass is 10.0. The normalized spacial score (nSPS) is 14.5. The van der Waals surface area contributed by atoms with E-state index in [0.29, 0.717) is 35.8 Å². The number of ketones is 1. The molecule has 2 N–H and O–H groups in total. The van der Waals surface area contributed by atoms with Gasteiger partial charge in [-0.25, -0.2) is 0 Å². The van der Waals surface area contributed by atoms with Crippen molar-refractivity contribution in [2.24, 2.45) is 0 Å². The Kier molecular flexibility index (Phi) is 5.81. The van der Waals surface area contributed by atoms with E-state index >= 15 is 0 Å². The highest BCUT2D eigenvalue weighted by Crippen LogP contribution is 2.39. The SMILES string of the molecule is CCOc1ccccc1C=C1Oc2c(ccc(O)c2C[NH+](CC)CC)C1=O. The van der Waals surface area contributed by atoms with Gasteiger partial charge in [0, 0.05) is 5.56 Å². The average molecular weight is 368 g/mol. The van der Waals surface area contributed by atoms with Gasteiger partial charge in [0.25, 0.3) is 0 Å². The van der Waals surface area contributed by atoms with Crippen molar-refractivity contribution in [3.63, 3.8) is 0 Å². The molecule has 1 heterocycles. The average Bonchev–Trinajstić information content (AvgIpc) is 2.99. The zero-order chi connectivity index (χ0) is 19.4. The van der Waals surface area contributed by atoms with Crippen LogP contribution in [0.4, 0.5) is 0 Å². The summed E-state index contributed by atoms with van der Waals surface area (Å²) in [6.07, 6.45) is 1.71. The highest BCUT2D eigenvalue weighted by atomic mass is 16.5. The summed E-state index contributed by atoms with van der Waals surface area (Å²) < 4.78 is 11.6. The topological polar surface area (TPSA) is 60.2 Å². The second-order valence-corrected chi connectivity index (χ2v) is 6.48. The number of phenolic OH excluding ortho intramolecular Hbond substituents is 1. The molecule has 1 aliphatic heterocycles. The molecule has 0 fully saturated rings. The Bertz CT molecular complexity index is 869. The van der Waals surface area contributed by atoms with E-state index in [-0.39, 0.29) is 17.3 Å².